The summed E-state index contributed by atoms with van der Waals surface area (Å²) in [6.45, 7) is 1.34. The zero-order valence-electron chi connectivity index (χ0n) is 17.7. The van der Waals surface area contributed by atoms with Crippen molar-refractivity contribution in [2.75, 3.05) is 0 Å². The lowest BCUT2D eigenvalue weighted by molar-refractivity contribution is 0.136. The minimum Gasteiger partial charge on any atom is -0.289 e. The van der Waals surface area contributed by atoms with Crippen LogP contribution in [0.25, 0.3) is 16.7 Å². The Morgan fingerprint density at radius 1 is 1.00 bits per heavy atom. The number of aryl methyl sites for hydroxylation is 1. The summed E-state index contributed by atoms with van der Waals surface area (Å²) in [6, 6.07) is 14.8. The van der Waals surface area contributed by atoms with Crippen LogP contribution in [0, 0.1) is 5.82 Å². The molecule has 31 heavy (non-hydrogen) atoms. The van der Waals surface area contributed by atoms with Crippen LogP contribution in [0.3, 0.4) is 0 Å². The van der Waals surface area contributed by atoms with Crippen LogP contribution in [0.15, 0.2) is 53.3 Å². The second-order valence-electron chi connectivity index (χ2n) is 8.46. The highest BCUT2D eigenvalue weighted by molar-refractivity contribution is 5.80. The van der Waals surface area contributed by atoms with Crippen molar-refractivity contribution >= 4 is 16.7 Å². The highest BCUT2D eigenvalue weighted by Gasteiger charge is 2.24. The van der Waals surface area contributed by atoms with Gasteiger partial charge in [-0.15, -0.1) is 10.2 Å². The SMILES string of the molecule is Cn1c(=O)c2ccccc2n2c(CN(Cc3ccc(F)cc3)C3CCCCC3)nnc12. The van der Waals surface area contributed by atoms with Gasteiger partial charge < -0.3 is 0 Å². The van der Waals surface area contributed by atoms with E-state index in [1.807, 2.05) is 40.8 Å². The van der Waals surface area contributed by atoms with Gasteiger partial charge in [-0.3, -0.25) is 18.7 Å². The van der Waals surface area contributed by atoms with E-state index < -0.39 is 0 Å². The van der Waals surface area contributed by atoms with E-state index in [-0.39, 0.29) is 11.4 Å². The molecule has 0 amide bonds. The molecule has 1 saturated carbocycles. The van der Waals surface area contributed by atoms with Gasteiger partial charge >= 0.3 is 0 Å². The summed E-state index contributed by atoms with van der Waals surface area (Å²) in [4.78, 5) is 15.2. The number of hydrogen-bond donors (Lipinski definition) is 0. The molecule has 7 heteroatoms. The highest BCUT2D eigenvalue weighted by Crippen LogP contribution is 2.26. The number of hydrogen-bond acceptors (Lipinski definition) is 4. The van der Waals surface area contributed by atoms with E-state index >= 15 is 0 Å². The molecule has 0 saturated heterocycles. The molecule has 0 radical (unpaired) electrons. The molecule has 4 aromatic rings. The average Bonchev–Trinajstić information content (AvgIpc) is 3.23. The summed E-state index contributed by atoms with van der Waals surface area (Å²) in [5, 5.41) is 9.49. The highest BCUT2D eigenvalue weighted by atomic mass is 19.1. The molecule has 2 heterocycles. The molecule has 6 nitrogen and oxygen atoms in total. The first-order valence-corrected chi connectivity index (χ1v) is 10.9. The topological polar surface area (TPSA) is 55.4 Å². The van der Waals surface area contributed by atoms with Crippen LogP contribution in [0.5, 0.6) is 0 Å². The normalized spacial score (nSPS) is 15.3. The lowest BCUT2D eigenvalue weighted by Gasteiger charge is -2.34. The zero-order chi connectivity index (χ0) is 21.4. The van der Waals surface area contributed by atoms with Crippen molar-refractivity contribution in [3.8, 4) is 0 Å². The van der Waals surface area contributed by atoms with Gasteiger partial charge in [0.1, 0.15) is 5.82 Å². The van der Waals surface area contributed by atoms with Crippen LogP contribution in [0.4, 0.5) is 4.39 Å². The molecule has 5 rings (SSSR count). The standard InChI is InChI=1S/C24H26FN5O/c1-28-23(31)20-9-5-6-10-21(20)30-22(26-27-24(28)30)16-29(19-7-3-2-4-8-19)15-17-11-13-18(25)14-12-17/h5-6,9-14,19H,2-4,7-8,15-16H2,1H3. The van der Waals surface area contributed by atoms with Gasteiger partial charge in [0.25, 0.3) is 5.56 Å². The van der Waals surface area contributed by atoms with Crippen molar-refractivity contribution in [1.29, 1.82) is 0 Å². The van der Waals surface area contributed by atoms with Crippen LogP contribution >= 0.6 is 0 Å². The van der Waals surface area contributed by atoms with Crippen molar-refractivity contribution in [1.82, 2.24) is 24.1 Å². The number of aromatic nitrogens is 4. The van der Waals surface area contributed by atoms with Gasteiger partial charge in [-0.25, -0.2) is 4.39 Å². The van der Waals surface area contributed by atoms with Crippen LogP contribution in [-0.4, -0.2) is 30.1 Å². The van der Waals surface area contributed by atoms with Gasteiger partial charge in [0, 0.05) is 19.6 Å². The third-order valence-corrected chi connectivity index (χ3v) is 6.43. The lowest BCUT2D eigenvalue weighted by Crippen LogP contribution is -2.36. The number of nitrogens with zero attached hydrogens (tertiary/aromatic N) is 5. The lowest BCUT2D eigenvalue weighted by atomic mass is 9.93. The molecule has 0 N–H and O–H groups in total. The Morgan fingerprint density at radius 3 is 2.52 bits per heavy atom. The monoisotopic (exact) mass is 419 g/mol. The Labute approximate surface area is 179 Å². The van der Waals surface area contributed by atoms with E-state index in [2.05, 4.69) is 15.1 Å². The first-order valence-electron chi connectivity index (χ1n) is 10.9. The Balaban J connectivity index is 1.57. The van der Waals surface area contributed by atoms with E-state index in [4.69, 9.17) is 0 Å². The van der Waals surface area contributed by atoms with Gasteiger partial charge in [-0.2, -0.15) is 0 Å². The first-order chi connectivity index (χ1) is 15.1. The minimum atomic E-state index is -0.219. The summed E-state index contributed by atoms with van der Waals surface area (Å²) in [5.41, 5.74) is 1.83. The molecule has 0 aliphatic heterocycles. The largest absolute Gasteiger partial charge is 0.289 e. The molecule has 1 aliphatic carbocycles. The van der Waals surface area contributed by atoms with E-state index in [1.54, 1.807) is 11.6 Å². The molecule has 2 aromatic heterocycles. The molecule has 1 fully saturated rings. The van der Waals surface area contributed by atoms with Crippen molar-refractivity contribution < 1.29 is 4.39 Å². The maximum absolute atomic E-state index is 13.4. The van der Waals surface area contributed by atoms with Gasteiger partial charge in [-0.1, -0.05) is 43.5 Å². The second-order valence-corrected chi connectivity index (χ2v) is 8.46. The van der Waals surface area contributed by atoms with Gasteiger partial charge in [0.2, 0.25) is 5.78 Å². The quantitative estimate of drug-likeness (QED) is 0.490. The molecular weight excluding hydrogens is 393 g/mol. The van der Waals surface area contributed by atoms with Crippen LogP contribution < -0.4 is 5.56 Å². The Morgan fingerprint density at radius 2 is 1.74 bits per heavy atom. The summed E-state index contributed by atoms with van der Waals surface area (Å²) in [6.07, 6.45) is 6.03. The number of halogens is 1. The van der Waals surface area contributed by atoms with Crippen LogP contribution in [0.1, 0.15) is 43.5 Å². The fourth-order valence-electron chi connectivity index (χ4n) is 4.76. The second kappa shape index (κ2) is 8.23. The predicted octanol–water partition coefficient (Wildman–Crippen LogP) is 4.06. The summed E-state index contributed by atoms with van der Waals surface area (Å²) >= 11 is 0. The van der Waals surface area contributed by atoms with Crippen molar-refractivity contribution in [2.45, 2.75) is 51.2 Å². The zero-order valence-corrected chi connectivity index (χ0v) is 17.7. The predicted molar refractivity (Wildman–Crippen MR) is 118 cm³/mol. The maximum Gasteiger partial charge on any atom is 0.262 e. The number of benzene rings is 2. The third kappa shape index (κ3) is 3.74. The molecule has 160 valence electrons. The Hall–Kier alpha value is -3.06. The minimum absolute atomic E-state index is 0.0718. The number of rotatable bonds is 5. The summed E-state index contributed by atoms with van der Waals surface area (Å²) in [5.74, 6) is 1.14. The molecule has 1 aliphatic rings. The molecule has 0 spiro atoms. The average molecular weight is 420 g/mol. The first kappa shape index (κ1) is 19.9. The fraction of sp³-hybridized carbons (Fsp3) is 0.375. The van der Waals surface area contributed by atoms with Crippen molar-refractivity contribution in [2.24, 2.45) is 7.05 Å². The van der Waals surface area contributed by atoms with Crippen molar-refractivity contribution in [3.63, 3.8) is 0 Å². The smallest absolute Gasteiger partial charge is 0.262 e. The molecule has 0 bridgehead atoms. The van der Waals surface area contributed by atoms with E-state index in [1.165, 1.54) is 31.4 Å². The number of fused-ring (bicyclic) bond motifs is 3. The summed E-state index contributed by atoms with van der Waals surface area (Å²) in [7, 11) is 1.74. The third-order valence-electron chi connectivity index (χ3n) is 6.43. The van der Waals surface area contributed by atoms with Crippen LogP contribution in [0.2, 0.25) is 0 Å². The summed E-state index contributed by atoms with van der Waals surface area (Å²) < 4.78 is 17.0. The number of para-hydroxylation sites is 1. The van der Waals surface area contributed by atoms with E-state index in [0.29, 0.717) is 23.8 Å². The van der Waals surface area contributed by atoms with Gasteiger partial charge in [0.05, 0.1) is 17.4 Å². The maximum atomic E-state index is 13.4. The molecule has 0 atom stereocenters. The molecule has 2 aromatic carbocycles. The van der Waals surface area contributed by atoms with Gasteiger partial charge in [-0.05, 0) is 42.7 Å². The molecular formula is C24H26FN5O. The Bertz CT molecular complexity index is 1270. The van der Waals surface area contributed by atoms with Crippen LogP contribution in [-0.2, 0) is 20.1 Å². The Kier molecular flexibility index (Phi) is 5.28. The van der Waals surface area contributed by atoms with E-state index in [9.17, 15) is 9.18 Å². The van der Waals surface area contributed by atoms with Gasteiger partial charge in [0.15, 0.2) is 5.82 Å². The molecule has 0 unspecified atom stereocenters. The van der Waals surface area contributed by atoms with E-state index in [0.717, 1.165) is 36.3 Å². The fourth-order valence-corrected chi connectivity index (χ4v) is 4.76. The van der Waals surface area contributed by atoms with Crippen molar-refractivity contribution in [3.05, 3.63) is 76.1 Å².